The molecular formula is C35H63N5O13P2. The molecule has 5 amide bonds. The molecule has 0 saturated carbocycles. The van der Waals surface area contributed by atoms with Gasteiger partial charge in [-0.1, -0.05) is 19.8 Å². The molecule has 0 aromatic rings. The Morgan fingerprint density at radius 3 is 1.29 bits per heavy atom. The van der Waals surface area contributed by atoms with Crippen LogP contribution in [0.4, 0.5) is 0 Å². The van der Waals surface area contributed by atoms with Gasteiger partial charge < -0.3 is 39.6 Å². The maximum absolute atomic E-state index is 12.7. The summed E-state index contributed by atoms with van der Waals surface area (Å²) in [7, 11) is -0.0991. The number of hydrogen-bond acceptors (Lipinski definition) is 12. The number of unbranched alkanes of at least 4 members (excludes halogenated alkanes) is 2. The van der Waals surface area contributed by atoms with Crippen molar-refractivity contribution in [2.24, 2.45) is 0 Å². The number of carbonyl (C=O) groups is 6. The van der Waals surface area contributed by atoms with E-state index in [0.717, 1.165) is 35.6 Å². The van der Waals surface area contributed by atoms with Crippen molar-refractivity contribution in [3.05, 3.63) is 24.3 Å². The standard InChI is InChI=1S/C17H30N3O6P.C10H24NO3P.C8H9NO4/c1-18(8-4-9-19(2)27(26,13-11-21)14-12-22)15(23)5-3-10-20-16(24)6-7-17(20)25;1-3-4-5-6-11(2)15(14,9-7-12)10-8-13;10-6-3-4-7(11)9(6)5-1-2-8(12)13/h6-7,21-22H,3-5,8-14H2,1-2H3;12-13H,3-10H2,1-2H3;3-4H,1-2,5H2,(H,12,13). The molecule has 55 heavy (non-hydrogen) atoms. The van der Waals surface area contributed by atoms with E-state index in [1.807, 2.05) is 11.7 Å². The molecule has 2 aliphatic heterocycles. The second kappa shape index (κ2) is 28.3. The fourth-order valence-electron chi connectivity index (χ4n) is 5.42. The Morgan fingerprint density at radius 2 is 0.945 bits per heavy atom. The Hall–Kier alpha value is -3.08. The van der Waals surface area contributed by atoms with Crippen LogP contribution in [-0.2, 0) is 37.9 Å². The van der Waals surface area contributed by atoms with Crippen molar-refractivity contribution in [3.63, 3.8) is 0 Å². The van der Waals surface area contributed by atoms with Crippen LogP contribution >= 0.6 is 14.6 Å². The molecule has 0 unspecified atom stereocenters. The highest BCUT2D eigenvalue weighted by Crippen LogP contribution is 2.48. The largest absolute Gasteiger partial charge is 0.481 e. The normalized spacial score (nSPS) is 14.1. The van der Waals surface area contributed by atoms with E-state index in [9.17, 15) is 37.9 Å². The molecule has 0 spiro atoms. The average Bonchev–Trinajstić information content (AvgIpc) is 3.62. The van der Waals surface area contributed by atoms with Gasteiger partial charge in [-0.05, 0) is 39.8 Å². The smallest absolute Gasteiger partial charge is 0.303 e. The SMILES string of the molecule is CCCCCN(C)P(=O)(CCO)CCO.CN(CCCN(C)P(=O)(CCO)CCO)C(=O)CCCN1C(=O)C=CC1=O.O=C(O)CCCN1C(=O)C=CC1=O. The lowest BCUT2D eigenvalue weighted by molar-refractivity contribution is -0.140. The molecule has 0 bridgehead atoms. The molecule has 2 heterocycles. The van der Waals surface area contributed by atoms with Gasteiger partial charge in [0, 0.05) is 102 Å². The third-order valence-electron chi connectivity index (χ3n) is 8.87. The van der Waals surface area contributed by atoms with E-state index >= 15 is 0 Å². The zero-order chi connectivity index (χ0) is 42.0. The van der Waals surface area contributed by atoms with Crippen LogP contribution in [0.5, 0.6) is 0 Å². The lowest BCUT2D eigenvalue weighted by Crippen LogP contribution is -2.33. The summed E-state index contributed by atoms with van der Waals surface area (Å²) >= 11 is 0. The fraction of sp³-hybridized carbons (Fsp3) is 0.714. The highest BCUT2D eigenvalue weighted by atomic mass is 31.2. The van der Waals surface area contributed by atoms with Crippen molar-refractivity contribution in [1.82, 2.24) is 24.0 Å². The summed E-state index contributed by atoms with van der Waals surface area (Å²) in [5.41, 5.74) is 0. The van der Waals surface area contributed by atoms with Gasteiger partial charge in [-0.25, -0.2) is 0 Å². The third kappa shape index (κ3) is 20.1. The van der Waals surface area contributed by atoms with Crippen LogP contribution < -0.4 is 0 Å². The third-order valence-corrected chi connectivity index (χ3v) is 15.4. The number of amides is 5. The summed E-state index contributed by atoms with van der Waals surface area (Å²) in [6, 6.07) is 0. The molecule has 0 saturated heterocycles. The van der Waals surface area contributed by atoms with Gasteiger partial charge in [0.15, 0.2) is 14.6 Å². The first kappa shape index (κ1) is 51.9. The van der Waals surface area contributed by atoms with Gasteiger partial charge in [-0.15, -0.1) is 0 Å². The first-order valence-electron chi connectivity index (χ1n) is 18.5. The lowest BCUT2D eigenvalue weighted by Gasteiger charge is -2.28. The van der Waals surface area contributed by atoms with Crippen molar-refractivity contribution in [3.8, 4) is 0 Å². The molecule has 5 N–H and O–H groups in total. The van der Waals surface area contributed by atoms with E-state index in [0.29, 0.717) is 32.4 Å². The summed E-state index contributed by atoms with van der Waals surface area (Å²) in [6.07, 6.45) is 10.5. The van der Waals surface area contributed by atoms with Crippen molar-refractivity contribution in [2.75, 3.05) is 105 Å². The number of imide groups is 2. The molecule has 0 atom stereocenters. The van der Waals surface area contributed by atoms with Gasteiger partial charge in [0.2, 0.25) is 5.91 Å². The molecular weight excluding hydrogens is 760 g/mol. The van der Waals surface area contributed by atoms with Crippen LogP contribution in [0.2, 0.25) is 0 Å². The quantitative estimate of drug-likeness (QED) is 0.0461. The molecule has 2 aliphatic rings. The van der Waals surface area contributed by atoms with E-state index in [-0.39, 0.29) is 107 Å². The summed E-state index contributed by atoms with van der Waals surface area (Å²) in [5, 5.41) is 44.2. The van der Waals surface area contributed by atoms with Crippen molar-refractivity contribution < 1.29 is 63.4 Å². The van der Waals surface area contributed by atoms with Crippen LogP contribution in [0.1, 0.15) is 58.3 Å². The second-order valence-corrected chi connectivity index (χ2v) is 19.6. The summed E-state index contributed by atoms with van der Waals surface area (Å²) in [6.45, 7) is 3.73. The van der Waals surface area contributed by atoms with Gasteiger partial charge in [0.1, 0.15) is 0 Å². The number of hydrogen-bond donors (Lipinski definition) is 5. The Balaban J connectivity index is 0.000000877. The predicted octanol–water partition coefficient (Wildman–Crippen LogP) is 0.882. The average molecular weight is 824 g/mol. The molecule has 18 nitrogen and oxygen atoms in total. The lowest BCUT2D eigenvalue weighted by atomic mass is 10.2. The predicted molar refractivity (Wildman–Crippen MR) is 208 cm³/mol. The van der Waals surface area contributed by atoms with Crippen molar-refractivity contribution >= 4 is 50.1 Å². The van der Waals surface area contributed by atoms with Crippen LogP contribution in [-0.4, -0.2) is 190 Å². The fourth-order valence-corrected chi connectivity index (χ4v) is 9.49. The zero-order valence-electron chi connectivity index (χ0n) is 32.8. The number of carbonyl (C=O) groups excluding carboxylic acids is 5. The maximum atomic E-state index is 12.7. The number of aliphatic carboxylic acids is 1. The summed E-state index contributed by atoms with van der Waals surface area (Å²) < 4.78 is 28.5. The van der Waals surface area contributed by atoms with Crippen molar-refractivity contribution in [1.29, 1.82) is 0 Å². The molecule has 20 heteroatoms. The highest BCUT2D eigenvalue weighted by molar-refractivity contribution is 7.61. The highest BCUT2D eigenvalue weighted by Gasteiger charge is 2.28. The van der Waals surface area contributed by atoms with E-state index in [4.69, 9.17) is 25.5 Å². The minimum absolute atomic E-state index is 0.0307. The second-order valence-electron chi connectivity index (χ2n) is 13.0. The van der Waals surface area contributed by atoms with E-state index in [1.165, 1.54) is 24.3 Å². The van der Waals surface area contributed by atoms with E-state index in [2.05, 4.69) is 6.92 Å². The number of carboxylic acid groups (broad SMARTS) is 1. The monoisotopic (exact) mass is 823 g/mol. The van der Waals surface area contributed by atoms with Crippen LogP contribution in [0, 0.1) is 0 Å². The summed E-state index contributed by atoms with van der Waals surface area (Å²) in [4.78, 5) is 70.7. The van der Waals surface area contributed by atoms with E-state index in [1.54, 1.807) is 23.7 Å². The van der Waals surface area contributed by atoms with E-state index < -0.39 is 20.6 Å². The van der Waals surface area contributed by atoms with Gasteiger partial charge in [0.25, 0.3) is 23.6 Å². The first-order chi connectivity index (χ1) is 26.0. The molecule has 0 aromatic heterocycles. The number of aliphatic hydroxyl groups is 4. The Bertz CT molecular complexity index is 1340. The van der Waals surface area contributed by atoms with Crippen LogP contribution in [0.15, 0.2) is 24.3 Å². The Kier molecular flexibility index (Phi) is 26.7. The number of aliphatic hydroxyl groups excluding tert-OH is 4. The number of nitrogens with zero attached hydrogens (tertiary/aromatic N) is 5. The van der Waals surface area contributed by atoms with Crippen LogP contribution in [0.25, 0.3) is 0 Å². The maximum Gasteiger partial charge on any atom is 0.303 e. The first-order valence-corrected chi connectivity index (χ1v) is 22.6. The molecule has 0 fully saturated rings. The van der Waals surface area contributed by atoms with Gasteiger partial charge in [-0.3, -0.25) is 47.9 Å². The van der Waals surface area contributed by atoms with Crippen LogP contribution in [0.3, 0.4) is 0 Å². The summed E-state index contributed by atoms with van der Waals surface area (Å²) in [5.74, 6) is -2.44. The zero-order valence-corrected chi connectivity index (χ0v) is 34.6. The molecule has 316 valence electrons. The van der Waals surface area contributed by atoms with Gasteiger partial charge in [0.05, 0.1) is 26.4 Å². The van der Waals surface area contributed by atoms with Gasteiger partial charge >= 0.3 is 5.97 Å². The Morgan fingerprint density at radius 1 is 0.582 bits per heavy atom. The Labute approximate surface area is 324 Å². The topological polar surface area (TPSA) is 254 Å². The molecule has 0 aromatic carbocycles. The minimum atomic E-state index is -2.78. The molecule has 2 rings (SSSR count). The van der Waals surface area contributed by atoms with Gasteiger partial charge in [-0.2, -0.15) is 0 Å². The number of carboxylic acids is 1. The number of rotatable bonds is 26. The molecule has 0 radical (unpaired) electrons. The molecule has 0 aliphatic carbocycles. The minimum Gasteiger partial charge on any atom is -0.481 e. The van der Waals surface area contributed by atoms with Crippen molar-refractivity contribution in [2.45, 2.75) is 58.3 Å².